The van der Waals surface area contributed by atoms with Crippen molar-refractivity contribution in [2.75, 3.05) is 58.7 Å². The van der Waals surface area contributed by atoms with Crippen molar-refractivity contribution >= 4 is 56.6 Å². The number of aromatic nitrogens is 2. The number of halogens is 1. The van der Waals surface area contributed by atoms with Crippen LogP contribution in [0.25, 0.3) is 10.2 Å². The number of benzene rings is 1. The number of rotatable bonds is 5. The fourth-order valence-corrected chi connectivity index (χ4v) is 6.24. The Morgan fingerprint density at radius 2 is 1.92 bits per heavy atom. The largest absolute Gasteiger partial charge is 0.508 e. The molecule has 1 fully saturated rings. The molecule has 38 heavy (non-hydrogen) atoms. The number of phenolic OH excluding ortho intramolecular Hbond substituents is 1. The van der Waals surface area contributed by atoms with E-state index in [2.05, 4.69) is 20.2 Å². The van der Waals surface area contributed by atoms with Gasteiger partial charge in [-0.1, -0.05) is 17.7 Å². The first-order valence-electron chi connectivity index (χ1n) is 12.4. The van der Waals surface area contributed by atoms with Crippen LogP contribution in [0.15, 0.2) is 36.7 Å². The molecule has 10 nitrogen and oxygen atoms in total. The predicted octanol–water partition coefficient (Wildman–Crippen LogP) is 3.53. The number of urea groups is 1. The van der Waals surface area contributed by atoms with E-state index >= 15 is 0 Å². The summed E-state index contributed by atoms with van der Waals surface area (Å²) in [4.78, 5) is 43.5. The van der Waals surface area contributed by atoms with Gasteiger partial charge in [0.15, 0.2) is 0 Å². The van der Waals surface area contributed by atoms with Crippen molar-refractivity contribution in [3.05, 3.63) is 52.1 Å². The summed E-state index contributed by atoms with van der Waals surface area (Å²) < 4.78 is 0. The highest BCUT2D eigenvalue weighted by molar-refractivity contribution is 7.19. The second-order valence-electron chi connectivity index (χ2n) is 9.61. The van der Waals surface area contributed by atoms with Gasteiger partial charge in [0, 0.05) is 81.1 Å². The third-order valence-electron chi connectivity index (χ3n) is 6.74. The molecule has 0 saturated carbocycles. The third-order valence-corrected chi connectivity index (χ3v) is 8.09. The van der Waals surface area contributed by atoms with Crippen LogP contribution in [-0.4, -0.2) is 100.0 Å². The molecule has 0 radical (unpaired) electrons. The molecule has 1 aromatic carbocycles. The Labute approximate surface area is 230 Å². The molecule has 1 saturated heterocycles. The number of fused-ring (bicyclic) bond motifs is 3. The molecule has 2 aliphatic heterocycles. The van der Waals surface area contributed by atoms with Crippen LogP contribution in [0, 0.1) is 0 Å². The minimum atomic E-state index is -0.00615. The molecule has 2 N–H and O–H groups in total. The number of nitrogens with zero attached hydrogens (tertiary/aromatic N) is 6. The maximum absolute atomic E-state index is 12.9. The van der Waals surface area contributed by atoms with Crippen molar-refractivity contribution in [3.63, 3.8) is 0 Å². The molecule has 0 unspecified atom stereocenters. The lowest BCUT2D eigenvalue weighted by molar-refractivity contribution is -0.126. The van der Waals surface area contributed by atoms with Gasteiger partial charge in [-0.25, -0.2) is 14.8 Å². The summed E-state index contributed by atoms with van der Waals surface area (Å²) in [6, 6.07) is 4.83. The molecule has 5 rings (SSSR count). The molecule has 2 aromatic heterocycles. The van der Waals surface area contributed by atoms with Gasteiger partial charge >= 0.3 is 6.03 Å². The monoisotopic (exact) mass is 555 g/mol. The quantitative estimate of drug-likeness (QED) is 0.464. The number of phenols is 1. The molecule has 0 bridgehead atoms. The fraction of sp³-hybridized carbons (Fsp3) is 0.385. The molecule has 2 aliphatic rings. The number of hydrogen-bond acceptors (Lipinski definition) is 8. The van der Waals surface area contributed by atoms with E-state index in [0.29, 0.717) is 55.7 Å². The molecule has 0 aliphatic carbocycles. The Bertz CT molecular complexity index is 1360. The Hall–Kier alpha value is -3.41. The summed E-state index contributed by atoms with van der Waals surface area (Å²) in [6.07, 6.45) is 5.80. The van der Waals surface area contributed by atoms with Crippen molar-refractivity contribution in [2.24, 2.45) is 0 Å². The highest BCUT2D eigenvalue weighted by Crippen LogP contribution is 2.38. The van der Waals surface area contributed by atoms with E-state index in [1.165, 1.54) is 12.4 Å². The number of nitrogens with one attached hydrogen (secondary N) is 1. The van der Waals surface area contributed by atoms with Gasteiger partial charge < -0.3 is 25.1 Å². The molecule has 0 atom stereocenters. The molecule has 200 valence electrons. The van der Waals surface area contributed by atoms with Gasteiger partial charge in [0.1, 0.15) is 22.7 Å². The van der Waals surface area contributed by atoms with E-state index in [9.17, 15) is 14.7 Å². The molecule has 3 aromatic rings. The number of hydrogen-bond donors (Lipinski definition) is 2. The van der Waals surface area contributed by atoms with Crippen molar-refractivity contribution in [3.8, 4) is 5.75 Å². The second kappa shape index (κ2) is 11.1. The van der Waals surface area contributed by atoms with Gasteiger partial charge in [-0.2, -0.15) is 0 Å². The lowest BCUT2D eigenvalue weighted by Gasteiger charge is -2.35. The van der Waals surface area contributed by atoms with Gasteiger partial charge in [0.25, 0.3) is 0 Å². The number of thiophene rings is 1. The number of carbonyl (C=O) groups is 2. The maximum Gasteiger partial charge on any atom is 0.319 e. The van der Waals surface area contributed by atoms with Gasteiger partial charge in [-0.05, 0) is 24.1 Å². The topological polar surface area (TPSA) is 105 Å². The summed E-state index contributed by atoms with van der Waals surface area (Å²) in [5.74, 6) is 0.719. The van der Waals surface area contributed by atoms with Gasteiger partial charge in [-0.15, -0.1) is 11.3 Å². The van der Waals surface area contributed by atoms with E-state index in [1.54, 1.807) is 48.5 Å². The summed E-state index contributed by atoms with van der Waals surface area (Å²) in [5, 5.41) is 14.5. The fourth-order valence-electron chi connectivity index (χ4n) is 4.81. The third kappa shape index (κ3) is 5.69. The highest BCUT2D eigenvalue weighted by Gasteiger charge is 2.26. The zero-order valence-corrected chi connectivity index (χ0v) is 22.9. The van der Waals surface area contributed by atoms with Crippen LogP contribution in [0.5, 0.6) is 5.75 Å². The summed E-state index contributed by atoms with van der Waals surface area (Å²) in [7, 11) is 3.53. The number of aromatic hydroxyl groups is 1. The van der Waals surface area contributed by atoms with E-state index in [-0.39, 0.29) is 17.7 Å². The molecular formula is C26H30ClN7O3S. The predicted molar refractivity (Wildman–Crippen MR) is 149 cm³/mol. The van der Waals surface area contributed by atoms with Crippen LogP contribution in [0.2, 0.25) is 5.02 Å². The average Bonchev–Trinajstić information content (AvgIpc) is 3.27. The lowest BCUT2D eigenvalue weighted by Crippen LogP contribution is -2.51. The number of anilines is 2. The van der Waals surface area contributed by atoms with Gasteiger partial charge in [-0.3, -0.25) is 9.69 Å². The van der Waals surface area contributed by atoms with Crippen LogP contribution in [-0.2, 0) is 17.8 Å². The lowest BCUT2D eigenvalue weighted by atomic mass is 10.0. The minimum Gasteiger partial charge on any atom is -0.508 e. The molecule has 4 heterocycles. The SMILES string of the molecule is CN(C)C(=O)N1CCN(CC=CC(=O)N2CCc3c(sc4ncnc(Nc5cc(O)cc(Cl)c5)c34)C2)CC1. The van der Waals surface area contributed by atoms with Crippen LogP contribution in [0.1, 0.15) is 10.4 Å². The summed E-state index contributed by atoms with van der Waals surface area (Å²) in [5.41, 5.74) is 1.79. The summed E-state index contributed by atoms with van der Waals surface area (Å²) >= 11 is 7.66. The normalized spacial score (nSPS) is 16.2. The standard InChI is InChI=1S/C26H30ClN7O3S/c1-31(2)26(37)33-10-8-32(9-11-33)6-3-4-22(36)34-7-5-20-21(15-34)38-25-23(20)24(28-16-29-25)30-18-12-17(27)13-19(35)14-18/h3-4,12-14,16,35H,5-11,15H2,1-2H3,(H,28,29,30). The van der Waals surface area contributed by atoms with Crippen LogP contribution in [0.3, 0.4) is 0 Å². The first kappa shape index (κ1) is 26.2. The average molecular weight is 556 g/mol. The zero-order chi connectivity index (χ0) is 26.8. The molecular weight excluding hydrogens is 526 g/mol. The van der Waals surface area contributed by atoms with Crippen molar-refractivity contribution in [1.29, 1.82) is 0 Å². The first-order valence-corrected chi connectivity index (χ1v) is 13.6. The van der Waals surface area contributed by atoms with Crippen LogP contribution >= 0.6 is 22.9 Å². The number of piperazine rings is 1. The summed E-state index contributed by atoms with van der Waals surface area (Å²) in [6.45, 7) is 4.79. The smallest absolute Gasteiger partial charge is 0.319 e. The van der Waals surface area contributed by atoms with Crippen LogP contribution in [0.4, 0.5) is 16.3 Å². The Morgan fingerprint density at radius 3 is 2.66 bits per heavy atom. The molecule has 12 heteroatoms. The van der Waals surface area contributed by atoms with E-state index in [4.69, 9.17) is 11.6 Å². The highest BCUT2D eigenvalue weighted by atomic mass is 35.5. The number of amides is 3. The van der Waals surface area contributed by atoms with E-state index in [1.807, 2.05) is 15.9 Å². The van der Waals surface area contributed by atoms with Crippen molar-refractivity contribution < 1.29 is 14.7 Å². The van der Waals surface area contributed by atoms with Gasteiger partial charge in [0.2, 0.25) is 5.91 Å². The zero-order valence-electron chi connectivity index (χ0n) is 21.4. The Kier molecular flexibility index (Phi) is 7.68. The maximum atomic E-state index is 12.9. The molecule has 0 spiro atoms. The van der Waals surface area contributed by atoms with Crippen molar-refractivity contribution in [1.82, 2.24) is 29.6 Å². The Balaban J connectivity index is 1.21. The van der Waals surface area contributed by atoms with Crippen LogP contribution < -0.4 is 5.32 Å². The first-order chi connectivity index (χ1) is 18.3. The van der Waals surface area contributed by atoms with Gasteiger partial charge in [0.05, 0.1) is 11.9 Å². The minimum absolute atomic E-state index is 0.00615. The number of carbonyl (C=O) groups excluding carboxylic acids is 2. The second-order valence-corrected chi connectivity index (χ2v) is 11.1. The van der Waals surface area contributed by atoms with E-state index in [0.717, 1.165) is 33.7 Å². The van der Waals surface area contributed by atoms with E-state index < -0.39 is 0 Å². The Morgan fingerprint density at radius 1 is 1.13 bits per heavy atom. The molecule has 3 amide bonds. The van der Waals surface area contributed by atoms with Crippen molar-refractivity contribution in [2.45, 2.75) is 13.0 Å².